The molecule has 0 fully saturated rings. The number of nitrogens with one attached hydrogen (secondary N) is 2. The monoisotopic (exact) mass is 419 g/mol. The van der Waals surface area contributed by atoms with Gasteiger partial charge in [0.2, 0.25) is 0 Å². The van der Waals surface area contributed by atoms with E-state index in [4.69, 9.17) is 4.74 Å². The lowest BCUT2D eigenvalue weighted by molar-refractivity contribution is 0.0948. The smallest absolute Gasteiger partial charge is 0.261 e. The van der Waals surface area contributed by atoms with E-state index in [2.05, 4.69) is 28.8 Å². The summed E-state index contributed by atoms with van der Waals surface area (Å²) in [4.78, 5) is 14.8. The van der Waals surface area contributed by atoms with Gasteiger partial charge in [0.25, 0.3) is 15.9 Å². The fourth-order valence-electron chi connectivity index (χ4n) is 2.85. The number of aryl methyl sites for hydroxylation is 1. The van der Waals surface area contributed by atoms with Crippen LogP contribution < -0.4 is 14.8 Å². The van der Waals surface area contributed by atoms with Gasteiger partial charge in [0.15, 0.2) is 0 Å². The fourth-order valence-corrected chi connectivity index (χ4v) is 3.93. The van der Waals surface area contributed by atoms with Gasteiger partial charge in [-0.1, -0.05) is 19.9 Å². The molecule has 7 nitrogen and oxygen atoms in total. The third kappa shape index (κ3) is 6.20. The van der Waals surface area contributed by atoms with Gasteiger partial charge in [0.1, 0.15) is 5.75 Å². The highest BCUT2D eigenvalue weighted by atomic mass is 32.2. The summed E-state index contributed by atoms with van der Waals surface area (Å²) >= 11 is 0. The molecule has 2 N–H and O–H groups in total. The SMILES string of the molecule is CCN(CC)CCNC(=O)c1cc(S(=O)(=O)Nc2ccc(OC)cc2)ccc1C. The maximum atomic E-state index is 12.7. The second-order valence-electron chi connectivity index (χ2n) is 6.59. The van der Waals surface area contributed by atoms with E-state index in [9.17, 15) is 13.2 Å². The van der Waals surface area contributed by atoms with Crippen molar-refractivity contribution in [2.75, 3.05) is 38.0 Å². The molecule has 1 amide bonds. The molecule has 0 aliphatic rings. The molecule has 0 bridgehead atoms. The molecule has 2 rings (SSSR count). The minimum absolute atomic E-state index is 0.0350. The number of hydrogen-bond acceptors (Lipinski definition) is 5. The molecule has 2 aromatic carbocycles. The molecule has 0 aliphatic carbocycles. The van der Waals surface area contributed by atoms with Crippen molar-refractivity contribution in [1.82, 2.24) is 10.2 Å². The largest absolute Gasteiger partial charge is 0.497 e. The second-order valence-corrected chi connectivity index (χ2v) is 8.28. The van der Waals surface area contributed by atoms with E-state index in [0.717, 1.165) is 19.6 Å². The van der Waals surface area contributed by atoms with Gasteiger partial charge < -0.3 is 15.0 Å². The first-order valence-corrected chi connectivity index (χ1v) is 11.1. The van der Waals surface area contributed by atoms with Gasteiger partial charge in [-0.05, 0) is 62.0 Å². The summed E-state index contributed by atoms with van der Waals surface area (Å²) in [6.07, 6.45) is 0. The first-order valence-electron chi connectivity index (χ1n) is 9.58. The van der Waals surface area contributed by atoms with Crippen LogP contribution in [0.5, 0.6) is 5.75 Å². The number of benzene rings is 2. The predicted molar refractivity (Wildman–Crippen MR) is 115 cm³/mol. The molecular formula is C21H29N3O4S. The number of hydrogen-bond donors (Lipinski definition) is 2. The minimum atomic E-state index is -3.83. The van der Waals surface area contributed by atoms with E-state index < -0.39 is 10.0 Å². The van der Waals surface area contributed by atoms with E-state index in [1.165, 1.54) is 12.1 Å². The summed E-state index contributed by atoms with van der Waals surface area (Å²) in [5, 5.41) is 2.87. The molecule has 29 heavy (non-hydrogen) atoms. The second kappa shape index (κ2) is 10.3. The Morgan fingerprint density at radius 1 is 1.07 bits per heavy atom. The van der Waals surface area contributed by atoms with Crippen molar-refractivity contribution in [3.8, 4) is 5.75 Å². The summed E-state index contributed by atoms with van der Waals surface area (Å²) in [6, 6.07) is 11.1. The average molecular weight is 420 g/mol. The van der Waals surface area contributed by atoms with Gasteiger partial charge in [0, 0.05) is 24.3 Å². The summed E-state index contributed by atoms with van der Waals surface area (Å²) in [5.41, 5.74) is 1.48. The van der Waals surface area contributed by atoms with E-state index in [-0.39, 0.29) is 10.8 Å². The summed E-state index contributed by atoms with van der Waals surface area (Å²) in [7, 11) is -2.28. The highest BCUT2D eigenvalue weighted by molar-refractivity contribution is 7.92. The molecule has 0 saturated heterocycles. The number of anilines is 1. The molecule has 0 aromatic heterocycles. The van der Waals surface area contributed by atoms with Gasteiger partial charge in [-0.2, -0.15) is 0 Å². The molecule has 0 radical (unpaired) electrons. The molecular weight excluding hydrogens is 390 g/mol. The van der Waals surface area contributed by atoms with Crippen LogP contribution >= 0.6 is 0 Å². The Kier molecular flexibility index (Phi) is 8.04. The first-order chi connectivity index (χ1) is 13.8. The molecule has 0 atom stereocenters. The van der Waals surface area contributed by atoms with Crippen LogP contribution in [0.25, 0.3) is 0 Å². The van der Waals surface area contributed by atoms with Crippen LogP contribution in [0.15, 0.2) is 47.4 Å². The van der Waals surface area contributed by atoms with E-state index >= 15 is 0 Å². The standard InChI is InChI=1S/C21H29N3O4S/c1-5-24(6-2)14-13-22-21(25)20-15-19(12-7-16(20)3)29(26,27)23-17-8-10-18(28-4)11-9-17/h7-12,15,23H,5-6,13-14H2,1-4H3,(H,22,25). The van der Waals surface area contributed by atoms with Crippen LogP contribution in [0.4, 0.5) is 5.69 Å². The molecule has 0 spiro atoms. The first kappa shape index (κ1) is 22.7. The van der Waals surface area contributed by atoms with Crippen molar-refractivity contribution >= 4 is 21.6 Å². The third-order valence-electron chi connectivity index (χ3n) is 4.71. The van der Waals surface area contributed by atoms with Gasteiger partial charge in [-0.25, -0.2) is 8.42 Å². The minimum Gasteiger partial charge on any atom is -0.497 e. The molecule has 2 aromatic rings. The van der Waals surface area contributed by atoms with Crippen LogP contribution in [-0.4, -0.2) is 52.5 Å². The van der Waals surface area contributed by atoms with Crippen LogP contribution in [0.1, 0.15) is 29.8 Å². The van der Waals surface area contributed by atoms with E-state index in [1.807, 2.05) is 0 Å². The van der Waals surface area contributed by atoms with Crippen LogP contribution in [0, 0.1) is 6.92 Å². The molecule has 0 unspecified atom stereocenters. The van der Waals surface area contributed by atoms with Crippen molar-refractivity contribution in [3.05, 3.63) is 53.6 Å². The zero-order valence-corrected chi connectivity index (χ0v) is 18.2. The Morgan fingerprint density at radius 3 is 2.31 bits per heavy atom. The van der Waals surface area contributed by atoms with Crippen molar-refractivity contribution in [3.63, 3.8) is 0 Å². The number of nitrogens with zero attached hydrogens (tertiary/aromatic N) is 1. The molecule has 0 aliphatic heterocycles. The number of ether oxygens (including phenoxy) is 1. The third-order valence-corrected chi connectivity index (χ3v) is 6.09. The van der Waals surface area contributed by atoms with Crippen LogP contribution in [0.3, 0.4) is 0 Å². The number of methoxy groups -OCH3 is 1. The van der Waals surface area contributed by atoms with Gasteiger partial charge >= 0.3 is 0 Å². The maximum Gasteiger partial charge on any atom is 0.261 e. The van der Waals surface area contributed by atoms with Crippen molar-refractivity contribution in [1.29, 1.82) is 0 Å². The van der Waals surface area contributed by atoms with Crippen molar-refractivity contribution < 1.29 is 17.9 Å². The lowest BCUT2D eigenvalue weighted by Gasteiger charge is -2.18. The average Bonchev–Trinajstić information content (AvgIpc) is 2.71. The maximum absolute atomic E-state index is 12.7. The van der Waals surface area contributed by atoms with Crippen LogP contribution in [0.2, 0.25) is 0 Å². The Hall–Kier alpha value is -2.58. The van der Waals surface area contributed by atoms with E-state index in [0.29, 0.717) is 29.1 Å². The number of carbonyl (C=O) groups is 1. The van der Waals surface area contributed by atoms with Gasteiger partial charge in [-0.3, -0.25) is 9.52 Å². The van der Waals surface area contributed by atoms with Crippen molar-refractivity contribution in [2.45, 2.75) is 25.7 Å². The highest BCUT2D eigenvalue weighted by Crippen LogP contribution is 2.21. The van der Waals surface area contributed by atoms with E-state index in [1.54, 1.807) is 44.4 Å². The zero-order valence-electron chi connectivity index (χ0n) is 17.4. The zero-order chi connectivity index (χ0) is 21.4. The molecule has 8 heteroatoms. The Morgan fingerprint density at radius 2 is 1.72 bits per heavy atom. The lowest BCUT2D eigenvalue weighted by Crippen LogP contribution is -2.35. The quantitative estimate of drug-likeness (QED) is 0.618. The van der Waals surface area contributed by atoms with Gasteiger partial charge in [0.05, 0.1) is 12.0 Å². The number of carbonyl (C=O) groups excluding carboxylic acids is 1. The Balaban J connectivity index is 2.14. The number of rotatable bonds is 10. The number of sulfonamides is 1. The summed E-state index contributed by atoms with van der Waals surface area (Å²) < 4.78 is 33.1. The summed E-state index contributed by atoms with van der Waals surface area (Å²) in [6.45, 7) is 8.99. The Bertz CT molecular complexity index is 923. The molecule has 0 heterocycles. The fraction of sp³-hybridized carbons (Fsp3) is 0.381. The molecule has 0 saturated carbocycles. The highest BCUT2D eigenvalue weighted by Gasteiger charge is 2.18. The summed E-state index contributed by atoms with van der Waals surface area (Å²) in [5.74, 6) is 0.350. The van der Waals surface area contributed by atoms with Gasteiger partial charge in [-0.15, -0.1) is 0 Å². The van der Waals surface area contributed by atoms with Crippen molar-refractivity contribution in [2.24, 2.45) is 0 Å². The Labute approximate surface area is 173 Å². The topological polar surface area (TPSA) is 87.7 Å². The predicted octanol–water partition coefficient (Wildman–Crippen LogP) is 2.88. The molecule has 158 valence electrons. The lowest BCUT2D eigenvalue weighted by atomic mass is 10.1. The number of amides is 1. The normalized spacial score (nSPS) is 11.3. The van der Waals surface area contributed by atoms with Crippen LogP contribution in [-0.2, 0) is 10.0 Å². The number of likely N-dealkylation sites (N-methyl/N-ethyl adjacent to an activating group) is 1.